The van der Waals surface area contributed by atoms with Crippen molar-refractivity contribution in [3.05, 3.63) is 27.7 Å². The second-order valence-electron chi connectivity index (χ2n) is 4.06. The molecule has 0 bridgehead atoms. The Labute approximate surface area is 109 Å². The van der Waals surface area contributed by atoms with E-state index in [0.29, 0.717) is 28.7 Å². The van der Waals surface area contributed by atoms with Crippen molar-refractivity contribution in [2.24, 2.45) is 0 Å². The number of ketones is 1. The van der Waals surface area contributed by atoms with Crippen LogP contribution in [0.2, 0.25) is 10.0 Å². The Morgan fingerprint density at radius 2 is 1.88 bits per heavy atom. The zero-order valence-electron chi connectivity index (χ0n) is 9.30. The first kappa shape index (κ1) is 12.4. The number of hydrogen-bond donors (Lipinski definition) is 0. The first-order chi connectivity index (χ1) is 7.99. The fourth-order valence-corrected chi connectivity index (χ4v) is 2.29. The van der Waals surface area contributed by atoms with E-state index in [4.69, 9.17) is 23.2 Å². The van der Waals surface area contributed by atoms with Gasteiger partial charge in [-0.05, 0) is 24.6 Å². The Morgan fingerprint density at radius 3 is 2.53 bits per heavy atom. The molecule has 2 rings (SSSR count). The molecule has 3 nitrogen and oxygen atoms in total. The molecule has 0 N–H and O–H groups in total. The molecule has 0 aliphatic carbocycles. The van der Waals surface area contributed by atoms with Gasteiger partial charge in [0.15, 0.2) is 0 Å². The number of Topliss-reactive ketones (excluding diaryl/α,β-unsaturated/α-hetero) is 1. The van der Waals surface area contributed by atoms with Crippen LogP contribution in [-0.4, -0.2) is 18.2 Å². The van der Waals surface area contributed by atoms with Crippen molar-refractivity contribution in [2.45, 2.75) is 19.8 Å². The van der Waals surface area contributed by atoms with Crippen LogP contribution in [0.15, 0.2) is 12.1 Å². The van der Waals surface area contributed by atoms with Gasteiger partial charge in [-0.3, -0.25) is 9.59 Å². The van der Waals surface area contributed by atoms with E-state index in [1.54, 1.807) is 12.1 Å². The fourth-order valence-electron chi connectivity index (χ4n) is 1.81. The van der Waals surface area contributed by atoms with E-state index < -0.39 is 0 Å². The minimum Gasteiger partial charge on any atom is -0.310 e. The molecule has 5 heteroatoms. The summed E-state index contributed by atoms with van der Waals surface area (Å²) < 4.78 is 0. The lowest BCUT2D eigenvalue weighted by Gasteiger charge is -2.27. The highest BCUT2D eigenvalue weighted by Gasteiger charge is 2.26. The van der Waals surface area contributed by atoms with E-state index in [1.165, 1.54) is 4.90 Å². The van der Waals surface area contributed by atoms with E-state index in [-0.39, 0.29) is 18.1 Å². The molecular weight excluding hydrogens is 261 g/mol. The van der Waals surface area contributed by atoms with Crippen molar-refractivity contribution in [2.75, 3.05) is 11.4 Å². The van der Waals surface area contributed by atoms with E-state index in [1.807, 2.05) is 6.92 Å². The molecule has 1 fully saturated rings. The molecule has 0 atom stereocenters. The topological polar surface area (TPSA) is 37.4 Å². The van der Waals surface area contributed by atoms with E-state index >= 15 is 0 Å². The number of piperidine rings is 1. The highest BCUT2D eigenvalue weighted by atomic mass is 35.5. The lowest BCUT2D eigenvalue weighted by Crippen LogP contribution is -2.39. The molecule has 1 aliphatic rings. The lowest BCUT2D eigenvalue weighted by molar-refractivity contribution is -0.128. The molecule has 0 aromatic heterocycles. The molecule has 1 aromatic rings. The van der Waals surface area contributed by atoms with Crippen molar-refractivity contribution in [1.29, 1.82) is 0 Å². The zero-order chi connectivity index (χ0) is 12.6. The summed E-state index contributed by atoms with van der Waals surface area (Å²) in [6.07, 6.45) is 0.315. The number of rotatable bonds is 1. The van der Waals surface area contributed by atoms with Crippen LogP contribution in [0.25, 0.3) is 0 Å². The molecule has 0 radical (unpaired) electrons. The van der Waals surface area contributed by atoms with Crippen LogP contribution in [0, 0.1) is 6.92 Å². The minimum absolute atomic E-state index is 0.0272. The average Bonchev–Trinajstić information content (AvgIpc) is 2.24. The van der Waals surface area contributed by atoms with Gasteiger partial charge in [-0.2, -0.15) is 0 Å². The van der Waals surface area contributed by atoms with Gasteiger partial charge in [-0.15, -0.1) is 0 Å². The van der Waals surface area contributed by atoms with Gasteiger partial charge in [0.2, 0.25) is 5.91 Å². The van der Waals surface area contributed by atoms with Gasteiger partial charge in [-0.25, -0.2) is 0 Å². The van der Waals surface area contributed by atoms with Gasteiger partial charge in [0.25, 0.3) is 0 Å². The summed E-state index contributed by atoms with van der Waals surface area (Å²) in [7, 11) is 0. The van der Waals surface area contributed by atoms with Gasteiger partial charge in [0.1, 0.15) is 5.78 Å². The van der Waals surface area contributed by atoms with Crippen molar-refractivity contribution < 1.29 is 9.59 Å². The molecule has 0 unspecified atom stereocenters. The summed E-state index contributed by atoms with van der Waals surface area (Å²) in [4.78, 5) is 24.4. The number of carbonyl (C=O) groups is 2. The number of carbonyl (C=O) groups excluding carboxylic acids is 2. The van der Waals surface area contributed by atoms with Crippen LogP contribution >= 0.6 is 23.2 Å². The highest BCUT2D eigenvalue weighted by molar-refractivity contribution is 6.36. The van der Waals surface area contributed by atoms with E-state index in [9.17, 15) is 9.59 Å². The number of benzene rings is 1. The maximum Gasteiger partial charge on any atom is 0.234 e. The summed E-state index contributed by atoms with van der Waals surface area (Å²) >= 11 is 12.1. The molecule has 1 heterocycles. The van der Waals surface area contributed by atoms with Gasteiger partial charge < -0.3 is 4.90 Å². The van der Waals surface area contributed by atoms with Crippen molar-refractivity contribution in [3.8, 4) is 0 Å². The van der Waals surface area contributed by atoms with Crippen LogP contribution in [0.5, 0.6) is 0 Å². The number of anilines is 1. The molecule has 1 saturated heterocycles. The Hall–Kier alpha value is -1.06. The first-order valence-electron chi connectivity index (χ1n) is 5.27. The summed E-state index contributed by atoms with van der Waals surface area (Å²) in [5, 5.41) is 1.05. The maximum atomic E-state index is 11.8. The quantitative estimate of drug-likeness (QED) is 0.737. The number of aryl methyl sites for hydroxylation is 1. The van der Waals surface area contributed by atoms with Gasteiger partial charge in [-0.1, -0.05) is 23.2 Å². The van der Waals surface area contributed by atoms with Gasteiger partial charge in [0.05, 0.1) is 17.1 Å². The Morgan fingerprint density at radius 1 is 1.18 bits per heavy atom. The average molecular weight is 272 g/mol. The van der Waals surface area contributed by atoms with E-state index in [0.717, 1.165) is 5.56 Å². The van der Waals surface area contributed by atoms with Crippen LogP contribution in [0.1, 0.15) is 18.4 Å². The summed E-state index contributed by atoms with van der Waals surface area (Å²) in [6.45, 7) is 2.22. The molecule has 1 aromatic carbocycles. The maximum absolute atomic E-state index is 11.8. The SMILES string of the molecule is Cc1cc(Cl)c(N2CCC(=O)CC2=O)cc1Cl. The fraction of sp³-hybridized carbons (Fsp3) is 0.333. The van der Waals surface area contributed by atoms with Crippen molar-refractivity contribution in [3.63, 3.8) is 0 Å². The zero-order valence-corrected chi connectivity index (χ0v) is 10.8. The highest BCUT2D eigenvalue weighted by Crippen LogP contribution is 2.33. The molecule has 0 saturated carbocycles. The molecule has 90 valence electrons. The summed E-state index contributed by atoms with van der Waals surface area (Å²) in [5.74, 6) is -0.247. The largest absolute Gasteiger partial charge is 0.310 e. The molecule has 17 heavy (non-hydrogen) atoms. The third-order valence-electron chi connectivity index (χ3n) is 2.78. The van der Waals surface area contributed by atoms with Crippen LogP contribution < -0.4 is 4.90 Å². The van der Waals surface area contributed by atoms with Gasteiger partial charge >= 0.3 is 0 Å². The number of amides is 1. The predicted octanol–water partition coefficient (Wildman–Crippen LogP) is 3.00. The Kier molecular flexibility index (Phi) is 3.40. The smallest absolute Gasteiger partial charge is 0.234 e. The second-order valence-corrected chi connectivity index (χ2v) is 4.88. The Bertz CT molecular complexity index is 500. The number of halogens is 2. The van der Waals surface area contributed by atoms with Crippen molar-refractivity contribution >= 4 is 40.6 Å². The van der Waals surface area contributed by atoms with Gasteiger partial charge in [0, 0.05) is 18.0 Å². The summed E-state index contributed by atoms with van der Waals surface area (Å²) in [6, 6.07) is 3.40. The van der Waals surface area contributed by atoms with Crippen LogP contribution in [-0.2, 0) is 9.59 Å². The number of hydrogen-bond acceptors (Lipinski definition) is 2. The first-order valence-corrected chi connectivity index (χ1v) is 6.02. The summed E-state index contributed by atoms with van der Waals surface area (Å²) in [5.41, 5.74) is 1.45. The van der Waals surface area contributed by atoms with Crippen LogP contribution in [0.4, 0.5) is 5.69 Å². The molecular formula is C12H11Cl2NO2. The molecule has 1 aliphatic heterocycles. The van der Waals surface area contributed by atoms with E-state index in [2.05, 4.69) is 0 Å². The third-order valence-corrected chi connectivity index (χ3v) is 3.49. The number of nitrogens with zero attached hydrogens (tertiary/aromatic N) is 1. The molecule has 0 spiro atoms. The lowest BCUT2D eigenvalue weighted by atomic mass is 10.1. The van der Waals surface area contributed by atoms with Crippen molar-refractivity contribution in [1.82, 2.24) is 0 Å². The predicted molar refractivity (Wildman–Crippen MR) is 67.8 cm³/mol. The molecule has 1 amide bonds. The minimum atomic E-state index is -0.219. The monoisotopic (exact) mass is 271 g/mol. The normalized spacial score (nSPS) is 16.5. The second kappa shape index (κ2) is 4.67. The van der Waals surface area contributed by atoms with Crippen LogP contribution in [0.3, 0.4) is 0 Å². The Balaban J connectivity index is 2.37. The standard InChI is InChI=1S/C12H11Cl2NO2/c1-7-4-10(14)11(6-9(7)13)15-3-2-8(16)5-12(15)17/h4,6H,2-3,5H2,1H3. The third kappa shape index (κ3) is 2.45.